The summed E-state index contributed by atoms with van der Waals surface area (Å²) in [6.45, 7) is 4.01. The number of hydrogen-bond acceptors (Lipinski definition) is 4. The van der Waals surface area contributed by atoms with E-state index in [0.29, 0.717) is 6.61 Å². The predicted octanol–water partition coefficient (Wildman–Crippen LogP) is -0.122. The Morgan fingerprint density at radius 2 is 2.00 bits per heavy atom. The van der Waals surface area contributed by atoms with Gasteiger partial charge in [-0.3, -0.25) is 0 Å². The van der Waals surface area contributed by atoms with Gasteiger partial charge in [0.25, 0.3) is 0 Å². The van der Waals surface area contributed by atoms with Gasteiger partial charge in [0, 0.05) is 24.5 Å². The molecule has 0 aromatic carbocycles. The van der Waals surface area contributed by atoms with Gasteiger partial charge in [-0.25, -0.2) is 4.79 Å². The summed E-state index contributed by atoms with van der Waals surface area (Å²) < 4.78 is 14.7. The SMILES string of the molecule is C=C(C(=O)OCCC[SiH3])C(OC)OC. The molecule has 0 amide bonds. The van der Waals surface area contributed by atoms with Crippen LogP contribution in [0.4, 0.5) is 0 Å². The van der Waals surface area contributed by atoms with Gasteiger partial charge in [-0.15, -0.1) is 0 Å². The summed E-state index contributed by atoms with van der Waals surface area (Å²) in [4.78, 5) is 11.3. The summed E-state index contributed by atoms with van der Waals surface area (Å²) in [7, 11) is 4.03. The molecule has 0 spiro atoms. The quantitative estimate of drug-likeness (QED) is 0.196. The Balaban J connectivity index is 3.91. The molecule has 0 saturated heterocycles. The fourth-order valence-corrected chi connectivity index (χ4v) is 1.17. The van der Waals surface area contributed by atoms with E-state index in [0.717, 1.165) is 22.7 Å². The number of methoxy groups -OCH3 is 2. The fraction of sp³-hybridized carbons (Fsp3) is 0.667. The Labute approximate surface area is 87.6 Å². The standard InChI is InChI=1S/C9H18O4Si/c1-7(9(11-2)12-3)8(10)13-5-4-6-14/h9H,1,4-6H2,2-3,14H3. The highest BCUT2D eigenvalue weighted by atomic mass is 28.1. The summed E-state index contributed by atoms with van der Waals surface area (Å²) in [5.74, 6) is -0.450. The largest absolute Gasteiger partial charge is 0.462 e. The molecule has 0 unspecified atom stereocenters. The summed E-state index contributed by atoms with van der Waals surface area (Å²) in [6.07, 6.45) is 0.203. The lowest BCUT2D eigenvalue weighted by molar-refractivity contribution is -0.146. The first-order chi connectivity index (χ1) is 6.67. The Morgan fingerprint density at radius 1 is 1.43 bits per heavy atom. The Morgan fingerprint density at radius 3 is 2.43 bits per heavy atom. The Kier molecular flexibility index (Phi) is 7.36. The van der Waals surface area contributed by atoms with Crippen LogP contribution >= 0.6 is 0 Å². The van der Waals surface area contributed by atoms with Crippen molar-refractivity contribution in [1.82, 2.24) is 0 Å². The molecule has 0 aromatic rings. The van der Waals surface area contributed by atoms with Crippen molar-refractivity contribution < 1.29 is 19.0 Å². The molecule has 0 heterocycles. The molecule has 0 atom stereocenters. The van der Waals surface area contributed by atoms with Crippen LogP contribution in [0.5, 0.6) is 0 Å². The van der Waals surface area contributed by atoms with E-state index in [9.17, 15) is 4.79 Å². The zero-order chi connectivity index (χ0) is 11.0. The number of hydrogen-bond donors (Lipinski definition) is 0. The van der Waals surface area contributed by atoms with Crippen molar-refractivity contribution in [3.8, 4) is 0 Å². The maximum absolute atomic E-state index is 11.3. The second kappa shape index (κ2) is 7.72. The average Bonchev–Trinajstić information content (AvgIpc) is 2.19. The zero-order valence-corrected chi connectivity index (χ0v) is 11.0. The smallest absolute Gasteiger partial charge is 0.338 e. The monoisotopic (exact) mass is 218 g/mol. The highest BCUT2D eigenvalue weighted by Crippen LogP contribution is 2.06. The van der Waals surface area contributed by atoms with Crippen LogP contribution in [0.3, 0.4) is 0 Å². The normalized spacial score (nSPS) is 10.5. The van der Waals surface area contributed by atoms with Crippen molar-refractivity contribution in [2.75, 3.05) is 20.8 Å². The van der Waals surface area contributed by atoms with Crippen LogP contribution in [0.15, 0.2) is 12.2 Å². The third kappa shape index (κ3) is 4.55. The molecule has 5 heteroatoms. The lowest BCUT2D eigenvalue weighted by Gasteiger charge is -2.14. The molecule has 0 rings (SSSR count). The van der Waals surface area contributed by atoms with Crippen molar-refractivity contribution in [1.29, 1.82) is 0 Å². The van der Waals surface area contributed by atoms with Crippen molar-refractivity contribution >= 4 is 16.2 Å². The minimum atomic E-state index is -0.710. The fourth-order valence-electron chi connectivity index (χ4n) is 0.879. The maximum atomic E-state index is 11.3. The molecule has 0 N–H and O–H groups in total. The van der Waals surface area contributed by atoms with E-state index in [1.165, 1.54) is 14.2 Å². The van der Waals surface area contributed by atoms with Crippen molar-refractivity contribution in [2.45, 2.75) is 18.8 Å². The lowest BCUT2D eigenvalue weighted by Crippen LogP contribution is -2.23. The van der Waals surface area contributed by atoms with Gasteiger partial charge in [-0.05, 0) is 6.42 Å². The van der Waals surface area contributed by atoms with Crippen LogP contribution in [0, 0.1) is 0 Å². The van der Waals surface area contributed by atoms with Crippen LogP contribution in [0.1, 0.15) is 6.42 Å². The Hall–Kier alpha value is -0.653. The molecule has 0 radical (unpaired) electrons. The van der Waals surface area contributed by atoms with E-state index in [1.54, 1.807) is 0 Å². The minimum Gasteiger partial charge on any atom is -0.462 e. The van der Waals surface area contributed by atoms with Crippen molar-refractivity contribution in [3.05, 3.63) is 12.2 Å². The molecule has 0 saturated carbocycles. The highest BCUT2D eigenvalue weighted by molar-refractivity contribution is 6.08. The third-order valence-corrected chi connectivity index (χ3v) is 2.41. The lowest BCUT2D eigenvalue weighted by atomic mass is 10.3. The first kappa shape index (κ1) is 13.3. The number of ether oxygens (including phenoxy) is 3. The van der Waals surface area contributed by atoms with Crippen LogP contribution < -0.4 is 0 Å². The predicted molar refractivity (Wildman–Crippen MR) is 57.3 cm³/mol. The molecule has 0 fully saturated rings. The summed E-state index contributed by atoms with van der Waals surface area (Å²) in [5, 5.41) is 0. The molecule has 0 aliphatic heterocycles. The third-order valence-electron chi connectivity index (χ3n) is 1.71. The topological polar surface area (TPSA) is 44.8 Å². The van der Waals surface area contributed by atoms with E-state index >= 15 is 0 Å². The first-order valence-electron chi connectivity index (χ1n) is 4.58. The molecule has 0 aliphatic rings. The van der Waals surface area contributed by atoms with E-state index in [2.05, 4.69) is 6.58 Å². The second-order valence-electron chi connectivity index (χ2n) is 2.82. The molecule has 0 bridgehead atoms. The average molecular weight is 218 g/mol. The van der Waals surface area contributed by atoms with E-state index in [1.807, 2.05) is 0 Å². The summed E-state index contributed by atoms with van der Waals surface area (Å²) >= 11 is 0. The van der Waals surface area contributed by atoms with Gasteiger partial charge in [0.2, 0.25) is 0 Å². The second-order valence-corrected chi connectivity index (χ2v) is 3.82. The zero-order valence-electron chi connectivity index (χ0n) is 9.04. The van der Waals surface area contributed by atoms with Gasteiger partial charge in [-0.2, -0.15) is 0 Å². The van der Waals surface area contributed by atoms with Gasteiger partial charge in [0.05, 0.1) is 12.2 Å². The van der Waals surface area contributed by atoms with Gasteiger partial charge in [0.15, 0.2) is 6.29 Å². The number of rotatable bonds is 7. The highest BCUT2D eigenvalue weighted by Gasteiger charge is 2.18. The molecule has 0 aromatic heterocycles. The van der Waals surface area contributed by atoms with Crippen LogP contribution in [-0.4, -0.2) is 43.3 Å². The van der Waals surface area contributed by atoms with Crippen LogP contribution in [-0.2, 0) is 19.0 Å². The van der Waals surface area contributed by atoms with Gasteiger partial charge in [-0.1, -0.05) is 12.6 Å². The van der Waals surface area contributed by atoms with E-state index < -0.39 is 12.3 Å². The molecule has 4 nitrogen and oxygen atoms in total. The first-order valence-corrected chi connectivity index (χ1v) is 6.00. The summed E-state index contributed by atoms with van der Waals surface area (Å²) in [6, 6.07) is 1.12. The van der Waals surface area contributed by atoms with Crippen LogP contribution in [0.25, 0.3) is 0 Å². The van der Waals surface area contributed by atoms with E-state index in [4.69, 9.17) is 14.2 Å². The van der Waals surface area contributed by atoms with E-state index in [-0.39, 0.29) is 5.57 Å². The number of carbonyl (C=O) groups excluding carboxylic acids is 1. The maximum Gasteiger partial charge on any atom is 0.338 e. The van der Waals surface area contributed by atoms with Crippen molar-refractivity contribution in [2.24, 2.45) is 0 Å². The van der Waals surface area contributed by atoms with Gasteiger partial charge in [0.1, 0.15) is 0 Å². The van der Waals surface area contributed by atoms with Gasteiger partial charge < -0.3 is 14.2 Å². The summed E-state index contributed by atoms with van der Waals surface area (Å²) in [5.41, 5.74) is 0.198. The molecule has 0 aliphatic carbocycles. The van der Waals surface area contributed by atoms with Crippen LogP contribution in [0.2, 0.25) is 6.04 Å². The molecular weight excluding hydrogens is 200 g/mol. The molecule has 82 valence electrons. The van der Waals surface area contributed by atoms with Crippen molar-refractivity contribution in [3.63, 3.8) is 0 Å². The minimum absolute atomic E-state index is 0.198. The molecular formula is C9H18O4Si. The van der Waals surface area contributed by atoms with Gasteiger partial charge >= 0.3 is 5.97 Å². The Bertz CT molecular complexity index is 189. The number of esters is 1. The molecule has 14 heavy (non-hydrogen) atoms. The number of carbonyl (C=O) groups is 1.